The van der Waals surface area contributed by atoms with Gasteiger partial charge in [-0.1, -0.05) is 0 Å². The SMILES string of the molecule is CN(C)/C(Br)=N\S. The minimum absolute atomic E-state index is 0.732. The van der Waals surface area contributed by atoms with Gasteiger partial charge in [-0.15, -0.1) is 0 Å². The molecule has 0 aliphatic rings. The van der Waals surface area contributed by atoms with Gasteiger partial charge in [-0.05, 0) is 28.7 Å². The largest absolute Gasteiger partial charge is 0.356 e. The van der Waals surface area contributed by atoms with Gasteiger partial charge in [-0.3, -0.25) is 0 Å². The lowest BCUT2D eigenvalue weighted by Crippen LogP contribution is -2.14. The lowest BCUT2D eigenvalue weighted by atomic mass is 11.0. The summed E-state index contributed by atoms with van der Waals surface area (Å²) >= 11 is 6.79. The maximum Gasteiger partial charge on any atom is 0.179 e. The molecular weight excluding hydrogens is 176 g/mol. The number of hydrogen-bond acceptors (Lipinski definition) is 2. The number of hydrogen-bond donors (Lipinski definition) is 1. The van der Waals surface area contributed by atoms with Crippen LogP contribution in [0.4, 0.5) is 0 Å². The van der Waals surface area contributed by atoms with Gasteiger partial charge >= 0.3 is 0 Å². The summed E-state index contributed by atoms with van der Waals surface area (Å²) in [6.45, 7) is 0. The van der Waals surface area contributed by atoms with Crippen LogP contribution in [0, 0.1) is 0 Å². The Bertz CT molecular complexity index is 81.0. The summed E-state index contributed by atoms with van der Waals surface area (Å²) in [5.41, 5.74) is 0. The first-order valence-electron chi connectivity index (χ1n) is 1.73. The summed E-state index contributed by atoms with van der Waals surface area (Å²) in [4.78, 5) is 1.81. The van der Waals surface area contributed by atoms with E-state index in [1.54, 1.807) is 0 Å². The van der Waals surface area contributed by atoms with Crippen LogP contribution in [0.25, 0.3) is 0 Å². The summed E-state index contributed by atoms with van der Waals surface area (Å²) in [5.74, 6) is 0. The van der Waals surface area contributed by atoms with E-state index in [1.165, 1.54) is 0 Å². The molecular formula is C3H7BrN2S. The van der Waals surface area contributed by atoms with E-state index in [9.17, 15) is 0 Å². The van der Waals surface area contributed by atoms with Crippen molar-refractivity contribution >= 4 is 33.5 Å². The minimum atomic E-state index is 0.732. The van der Waals surface area contributed by atoms with Gasteiger partial charge in [0.05, 0.1) is 0 Å². The van der Waals surface area contributed by atoms with E-state index in [1.807, 2.05) is 19.0 Å². The second kappa shape index (κ2) is 3.32. The van der Waals surface area contributed by atoms with E-state index in [0.29, 0.717) is 0 Å². The first-order valence-corrected chi connectivity index (χ1v) is 2.92. The first kappa shape index (κ1) is 7.30. The molecule has 0 heterocycles. The fourth-order valence-corrected chi connectivity index (χ4v) is 0.268. The van der Waals surface area contributed by atoms with Gasteiger partial charge in [-0.2, -0.15) is 4.40 Å². The van der Waals surface area contributed by atoms with Crippen LogP contribution in [0.15, 0.2) is 4.40 Å². The van der Waals surface area contributed by atoms with Crippen LogP contribution in [0.5, 0.6) is 0 Å². The van der Waals surface area contributed by atoms with Crippen molar-refractivity contribution in [2.24, 2.45) is 4.40 Å². The molecule has 4 heteroatoms. The van der Waals surface area contributed by atoms with Gasteiger partial charge in [0.25, 0.3) is 0 Å². The molecule has 0 saturated heterocycles. The fraction of sp³-hybridized carbons (Fsp3) is 0.667. The lowest BCUT2D eigenvalue weighted by molar-refractivity contribution is 0.640. The van der Waals surface area contributed by atoms with Crippen LogP contribution >= 0.6 is 28.7 Å². The third-order valence-corrected chi connectivity index (χ3v) is 1.80. The van der Waals surface area contributed by atoms with Crippen LogP contribution in [-0.4, -0.2) is 23.7 Å². The van der Waals surface area contributed by atoms with Gasteiger partial charge in [-0.25, -0.2) is 0 Å². The Morgan fingerprint density at radius 2 is 2.14 bits per heavy atom. The molecule has 0 bridgehead atoms. The minimum Gasteiger partial charge on any atom is -0.356 e. The molecule has 0 N–H and O–H groups in total. The molecule has 0 atom stereocenters. The van der Waals surface area contributed by atoms with E-state index >= 15 is 0 Å². The molecule has 0 amide bonds. The summed E-state index contributed by atoms with van der Waals surface area (Å²) < 4.78 is 4.27. The molecule has 42 valence electrons. The summed E-state index contributed by atoms with van der Waals surface area (Å²) in [6, 6.07) is 0. The molecule has 0 aromatic heterocycles. The average Bonchev–Trinajstić information content (AvgIpc) is 1.65. The summed E-state index contributed by atoms with van der Waals surface area (Å²) in [5, 5.41) is 0. The smallest absolute Gasteiger partial charge is 0.179 e. The third kappa shape index (κ3) is 2.93. The van der Waals surface area contributed by atoms with Crippen molar-refractivity contribution < 1.29 is 0 Å². The topological polar surface area (TPSA) is 15.6 Å². The highest BCUT2D eigenvalue weighted by Gasteiger charge is 1.89. The van der Waals surface area contributed by atoms with E-state index in [-0.39, 0.29) is 0 Å². The Kier molecular flexibility index (Phi) is 3.46. The molecule has 0 aromatic carbocycles. The molecule has 0 rings (SSSR count). The van der Waals surface area contributed by atoms with Crippen LogP contribution in [0.2, 0.25) is 0 Å². The van der Waals surface area contributed by atoms with Crippen molar-refractivity contribution in [2.45, 2.75) is 0 Å². The standard InChI is InChI=1S/C3H7BrN2S/c1-6(2)3(4)5-7/h7H,1-2H3/b5-3-. The number of thiol groups is 1. The Labute approximate surface area is 57.3 Å². The molecule has 0 aromatic rings. The van der Waals surface area contributed by atoms with Crippen molar-refractivity contribution in [3.8, 4) is 0 Å². The number of amidine groups is 1. The van der Waals surface area contributed by atoms with E-state index in [0.717, 1.165) is 4.74 Å². The van der Waals surface area contributed by atoms with E-state index in [2.05, 4.69) is 33.1 Å². The van der Waals surface area contributed by atoms with Gasteiger partial charge in [0.2, 0.25) is 0 Å². The Hall–Kier alpha value is 0.300. The van der Waals surface area contributed by atoms with Crippen molar-refractivity contribution in [3.63, 3.8) is 0 Å². The zero-order valence-corrected chi connectivity index (χ0v) is 6.70. The highest BCUT2D eigenvalue weighted by Crippen LogP contribution is 1.93. The van der Waals surface area contributed by atoms with Crippen LogP contribution in [0.1, 0.15) is 0 Å². The van der Waals surface area contributed by atoms with Crippen molar-refractivity contribution in [1.29, 1.82) is 0 Å². The fourth-order valence-electron chi connectivity index (χ4n) is 0.0894. The van der Waals surface area contributed by atoms with Crippen LogP contribution in [0.3, 0.4) is 0 Å². The lowest BCUT2D eigenvalue weighted by Gasteiger charge is -2.05. The van der Waals surface area contributed by atoms with Crippen molar-refractivity contribution in [1.82, 2.24) is 4.90 Å². The molecule has 0 saturated carbocycles. The second-order valence-corrected chi connectivity index (χ2v) is 2.17. The highest BCUT2D eigenvalue weighted by atomic mass is 79.9. The van der Waals surface area contributed by atoms with Crippen LogP contribution < -0.4 is 0 Å². The molecule has 7 heavy (non-hydrogen) atoms. The Morgan fingerprint density at radius 1 is 1.71 bits per heavy atom. The zero-order valence-electron chi connectivity index (χ0n) is 4.22. The van der Waals surface area contributed by atoms with Gasteiger partial charge in [0.15, 0.2) is 4.74 Å². The van der Waals surface area contributed by atoms with Crippen molar-refractivity contribution in [3.05, 3.63) is 0 Å². The molecule has 0 fully saturated rings. The number of rotatable bonds is 0. The normalized spacial score (nSPS) is 11.7. The molecule has 2 nitrogen and oxygen atoms in total. The number of nitrogens with zero attached hydrogens (tertiary/aromatic N) is 2. The maximum absolute atomic E-state index is 3.65. The average molecular weight is 183 g/mol. The monoisotopic (exact) mass is 182 g/mol. The summed E-state index contributed by atoms with van der Waals surface area (Å²) in [6.07, 6.45) is 0. The maximum atomic E-state index is 3.65. The van der Waals surface area contributed by atoms with Gasteiger partial charge < -0.3 is 4.90 Å². The van der Waals surface area contributed by atoms with E-state index < -0.39 is 0 Å². The molecule has 0 radical (unpaired) electrons. The Morgan fingerprint density at radius 3 is 2.14 bits per heavy atom. The quantitative estimate of drug-likeness (QED) is 0.257. The molecule has 0 aliphatic heterocycles. The van der Waals surface area contributed by atoms with E-state index in [4.69, 9.17) is 0 Å². The predicted molar refractivity (Wildman–Crippen MR) is 39.0 cm³/mol. The first-order chi connectivity index (χ1) is 3.18. The molecule has 0 unspecified atom stereocenters. The third-order valence-electron chi connectivity index (χ3n) is 0.452. The Balaban J connectivity index is 3.56. The van der Waals surface area contributed by atoms with Crippen molar-refractivity contribution in [2.75, 3.05) is 14.1 Å². The molecule has 0 aliphatic carbocycles. The molecule has 0 spiro atoms. The van der Waals surface area contributed by atoms with Crippen LogP contribution in [-0.2, 0) is 0 Å². The highest BCUT2D eigenvalue weighted by molar-refractivity contribution is 9.18. The predicted octanol–water partition coefficient (Wildman–Crippen LogP) is 1.14. The summed E-state index contributed by atoms with van der Waals surface area (Å²) in [7, 11) is 3.76. The number of halogens is 1. The zero-order chi connectivity index (χ0) is 5.86. The van der Waals surface area contributed by atoms with Gasteiger partial charge in [0.1, 0.15) is 0 Å². The second-order valence-electron chi connectivity index (χ2n) is 1.26. The van der Waals surface area contributed by atoms with Gasteiger partial charge in [0, 0.05) is 14.1 Å².